The largest absolute Gasteiger partial charge is 0.466 e. The van der Waals surface area contributed by atoms with E-state index >= 15 is 0 Å². The van der Waals surface area contributed by atoms with Gasteiger partial charge in [0.15, 0.2) is 0 Å². The first-order valence-corrected chi connectivity index (χ1v) is 5.29. The number of esters is 1. The van der Waals surface area contributed by atoms with Crippen LogP contribution in [-0.4, -0.2) is 30.0 Å². The number of primary amides is 1. The van der Waals surface area contributed by atoms with Gasteiger partial charge in [0.1, 0.15) is 5.82 Å². The molecule has 92 valence electrons. The van der Waals surface area contributed by atoms with Crippen molar-refractivity contribution in [1.82, 2.24) is 4.98 Å². The molecule has 17 heavy (non-hydrogen) atoms. The molecule has 1 aromatic rings. The normalized spacial score (nSPS) is 9.71. The van der Waals surface area contributed by atoms with Gasteiger partial charge < -0.3 is 15.8 Å². The summed E-state index contributed by atoms with van der Waals surface area (Å²) in [7, 11) is 0. The molecule has 0 aliphatic carbocycles. The Bertz CT molecular complexity index is 407. The minimum atomic E-state index is -0.513. The molecule has 1 aromatic heterocycles. The molecule has 0 saturated carbocycles. The molecule has 0 saturated heterocycles. The van der Waals surface area contributed by atoms with Crippen molar-refractivity contribution >= 4 is 17.7 Å². The van der Waals surface area contributed by atoms with Crippen molar-refractivity contribution in [3.8, 4) is 0 Å². The molecular weight excluding hydrogens is 222 g/mol. The third-order valence-electron chi connectivity index (χ3n) is 1.99. The van der Waals surface area contributed by atoms with Crippen LogP contribution in [-0.2, 0) is 9.53 Å². The number of nitrogens with one attached hydrogen (secondary N) is 1. The topological polar surface area (TPSA) is 94.3 Å². The van der Waals surface area contributed by atoms with Crippen LogP contribution < -0.4 is 11.1 Å². The number of pyridine rings is 1. The summed E-state index contributed by atoms with van der Waals surface area (Å²) in [5.41, 5.74) is 5.50. The summed E-state index contributed by atoms with van der Waals surface area (Å²) >= 11 is 0. The fraction of sp³-hybridized carbons (Fsp3) is 0.364. The number of nitrogens with two attached hydrogens (primary N) is 1. The van der Waals surface area contributed by atoms with Crippen LogP contribution in [0.2, 0.25) is 0 Å². The molecule has 0 spiro atoms. The highest BCUT2D eigenvalue weighted by Gasteiger charge is 2.04. The van der Waals surface area contributed by atoms with Crippen molar-refractivity contribution in [1.29, 1.82) is 0 Å². The summed E-state index contributed by atoms with van der Waals surface area (Å²) in [6.45, 7) is 2.52. The van der Waals surface area contributed by atoms with Gasteiger partial charge in [0.05, 0.1) is 13.0 Å². The monoisotopic (exact) mass is 237 g/mol. The van der Waals surface area contributed by atoms with E-state index in [0.29, 0.717) is 24.5 Å². The predicted octanol–water partition coefficient (Wildman–Crippen LogP) is 0.546. The summed E-state index contributed by atoms with van der Waals surface area (Å²) in [6, 6.07) is 3.06. The van der Waals surface area contributed by atoms with Crippen LogP contribution in [0.1, 0.15) is 23.7 Å². The summed E-state index contributed by atoms with van der Waals surface area (Å²) in [6.07, 6.45) is 1.73. The molecule has 1 amide bonds. The number of ether oxygens (including phenoxy) is 1. The standard InChI is InChI=1S/C11H15N3O3/c1-2-17-10(15)4-6-14-9-7-8(11(12)16)3-5-13-9/h3,5,7H,2,4,6H2,1H3,(H2,12,16)(H,13,14). The molecule has 6 nitrogen and oxygen atoms in total. The zero-order valence-corrected chi connectivity index (χ0v) is 9.60. The van der Waals surface area contributed by atoms with Crippen molar-refractivity contribution in [3.05, 3.63) is 23.9 Å². The number of carbonyl (C=O) groups is 2. The quantitative estimate of drug-likeness (QED) is 0.704. The van der Waals surface area contributed by atoms with E-state index in [4.69, 9.17) is 10.5 Å². The first-order chi connectivity index (χ1) is 8.13. The van der Waals surface area contributed by atoms with E-state index in [1.54, 1.807) is 6.92 Å². The molecule has 0 bridgehead atoms. The number of rotatable bonds is 6. The lowest BCUT2D eigenvalue weighted by Gasteiger charge is -2.05. The Morgan fingerprint density at radius 2 is 2.29 bits per heavy atom. The summed E-state index contributed by atoms with van der Waals surface area (Å²) in [5, 5.41) is 2.91. The highest BCUT2D eigenvalue weighted by molar-refractivity contribution is 5.93. The first-order valence-electron chi connectivity index (χ1n) is 5.29. The zero-order chi connectivity index (χ0) is 12.7. The number of hydrogen-bond donors (Lipinski definition) is 2. The summed E-state index contributed by atoms with van der Waals surface area (Å²) < 4.78 is 4.77. The van der Waals surface area contributed by atoms with Gasteiger partial charge in [0.2, 0.25) is 5.91 Å². The van der Waals surface area contributed by atoms with Gasteiger partial charge in [0, 0.05) is 18.3 Å². The minimum Gasteiger partial charge on any atom is -0.466 e. The Labute approximate surface area is 99.2 Å². The third-order valence-corrected chi connectivity index (χ3v) is 1.99. The van der Waals surface area contributed by atoms with Crippen molar-refractivity contribution in [2.45, 2.75) is 13.3 Å². The van der Waals surface area contributed by atoms with E-state index in [1.165, 1.54) is 18.3 Å². The van der Waals surface area contributed by atoms with Gasteiger partial charge in [-0.2, -0.15) is 0 Å². The van der Waals surface area contributed by atoms with E-state index in [1.807, 2.05) is 0 Å². The van der Waals surface area contributed by atoms with Crippen LogP contribution in [0.25, 0.3) is 0 Å². The zero-order valence-electron chi connectivity index (χ0n) is 9.60. The molecule has 1 rings (SSSR count). The van der Waals surface area contributed by atoms with Crippen LogP contribution >= 0.6 is 0 Å². The van der Waals surface area contributed by atoms with Gasteiger partial charge in [-0.1, -0.05) is 0 Å². The molecule has 0 aromatic carbocycles. The second kappa shape index (κ2) is 6.47. The van der Waals surface area contributed by atoms with Crippen molar-refractivity contribution < 1.29 is 14.3 Å². The molecule has 0 aliphatic heterocycles. The maximum atomic E-state index is 11.1. The van der Waals surface area contributed by atoms with Crippen LogP contribution in [0, 0.1) is 0 Å². The third kappa shape index (κ3) is 4.50. The van der Waals surface area contributed by atoms with Crippen molar-refractivity contribution in [2.24, 2.45) is 5.73 Å². The van der Waals surface area contributed by atoms with E-state index in [9.17, 15) is 9.59 Å². The van der Waals surface area contributed by atoms with Crippen LogP contribution in [0.3, 0.4) is 0 Å². The van der Waals surface area contributed by atoms with Gasteiger partial charge in [0.25, 0.3) is 0 Å². The smallest absolute Gasteiger partial charge is 0.307 e. The van der Waals surface area contributed by atoms with Crippen LogP contribution in [0.15, 0.2) is 18.3 Å². The van der Waals surface area contributed by atoms with Gasteiger partial charge in [-0.3, -0.25) is 9.59 Å². The minimum absolute atomic E-state index is 0.246. The molecule has 0 unspecified atom stereocenters. The average molecular weight is 237 g/mol. The van der Waals surface area contributed by atoms with E-state index in [-0.39, 0.29) is 12.4 Å². The molecule has 6 heteroatoms. The van der Waals surface area contributed by atoms with Gasteiger partial charge in [-0.25, -0.2) is 4.98 Å². The molecular formula is C11H15N3O3. The lowest BCUT2D eigenvalue weighted by Crippen LogP contribution is -2.14. The molecule has 0 atom stereocenters. The number of hydrogen-bond acceptors (Lipinski definition) is 5. The summed E-state index contributed by atoms with van der Waals surface area (Å²) in [4.78, 5) is 26.0. The molecule has 1 heterocycles. The molecule has 3 N–H and O–H groups in total. The Morgan fingerprint density at radius 3 is 2.94 bits per heavy atom. The number of anilines is 1. The molecule has 0 aliphatic rings. The second-order valence-electron chi connectivity index (χ2n) is 3.28. The number of aromatic nitrogens is 1. The molecule has 0 fully saturated rings. The van der Waals surface area contributed by atoms with Crippen molar-refractivity contribution in [3.63, 3.8) is 0 Å². The predicted molar refractivity (Wildman–Crippen MR) is 62.5 cm³/mol. The fourth-order valence-corrected chi connectivity index (χ4v) is 1.21. The van der Waals surface area contributed by atoms with Gasteiger partial charge >= 0.3 is 5.97 Å². The Kier molecular flexibility index (Phi) is 4.93. The highest BCUT2D eigenvalue weighted by Crippen LogP contribution is 2.06. The van der Waals surface area contributed by atoms with Gasteiger partial charge in [-0.05, 0) is 19.1 Å². The highest BCUT2D eigenvalue weighted by atomic mass is 16.5. The molecule has 0 radical (unpaired) electrons. The number of nitrogens with zero attached hydrogens (tertiary/aromatic N) is 1. The van der Waals surface area contributed by atoms with E-state index in [2.05, 4.69) is 10.3 Å². The van der Waals surface area contributed by atoms with Gasteiger partial charge in [-0.15, -0.1) is 0 Å². The average Bonchev–Trinajstić information content (AvgIpc) is 2.30. The van der Waals surface area contributed by atoms with E-state index < -0.39 is 5.91 Å². The van der Waals surface area contributed by atoms with Crippen molar-refractivity contribution in [2.75, 3.05) is 18.5 Å². The van der Waals surface area contributed by atoms with Crippen LogP contribution in [0.5, 0.6) is 0 Å². The van der Waals surface area contributed by atoms with Crippen LogP contribution in [0.4, 0.5) is 5.82 Å². The number of carbonyl (C=O) groups excluding carboxylic acids is 2. The SMILES string of the molecule is CCOC(=O)CCNc1cc(C(N)=O)ccn1. The Balaban J connectivity index is 2.44. The number of amides is 1. The maximum Gasteiger partial charge on any atom is 0.307 e. The Morgan fingerprint density at radius 1 is 1.53 bits per heavy atom. The van der Waals surface area contributed by atoms with E-state index in [0.717, 1.165) is 0 Å². The first kappa shape index (κ1) is 13.0. The summed E-state index contributed by atoms with van der Waals surface area (Å²) in [5.74, 6) is -0.280. The lowest BCUT2D eigenvalue weighted by atomic mass is 10.2. The fourth-order valence-electron chi connectivity index (χ4n) is 1.21. The second-order valence-corrected chi connectivity index (χ2v) is 3.28. The lowest BCUT2D eigenvalue weighted by molar-refractivity contribution is -0.142. The maximum absolute atomic E-state index is 11.1. The Hall–Kier alpha value is -2.11.